The molecule has 1 unspecified atom stereocenters. The number of methoxy groups -OCH3 is 1. The molecule has 1 aliphatic rings. The lowest BCUT2D eigenvalue weighted by Crippen LogP contribution is -2.49. The molecule has 1 fully saturated rings. The molecule has 2 amide bonds. The number of amides is 2. The third-order valence-corrected chi connectivity index (χ3v) is 3.27. The molecular formula is C13H24N2O4. The quantitative estimate of drug-likeness (QED) is 0.698. The lowest BCUT2D eigenvalue weighted by atomic mass is 10.1. The number of ether oxygens (including phenoxy) is 1. The van der Waals surface area contributed by atoms with Crippen LogP contribution in [0, 0.1) is 5.92 Å². The summed E-state index contributed by atoms with van der Waals surface area (Å²) in [7, 11) is 1.60. The van der Waals surface area contributed by atoms with Crippen LogP contribution in [0.3, 0.4) is 0 Å². The average molecular weight is 272 g/mol. The van der Waals surface area contributed by atoms with Crippen molar-refractivity contribution in [2.24, 2.45) is 5.92 Å². The molecule has 6 nitrogen and oxygen atoms in total. The highest BCUT2D eigenvalue weighted by atomic mass is 16.5. The number of hydrogen-bond donors (Lipinski definition) is 2. The van der Waals surface area contributed by atoms with Crippen LogP contribution in [0.2, 0.25) is 0 Å². The molecule has 19 heavy (non-hydrogen) atoms. The van der Waals surface area contributed by atoms with Crippen molar-refractivity contribution in [3.63, 3.8) is 0 Å². The second-order valence-electron chi connectivity index (χ2n) is 5.32. The highest BCUT2D eigenvalue weighted by Crippen LogP contribution is 2.27. The number of aliphatic carboxylic acids is 1. The third-order valence-electron chi connectivity index (χ3n) is 3.27. The van der Waals surface area contributed by atoms with Gasteiger partial charge < -0.3 is 20.1 Å². The first kappa shape index (κ1) is 15.8. The molecule has 1 aliphatic carbocycles. The van der Waals surface area contributed by atoms with Crippen LogP contribution >= 0.6 is 0 Å². The van der Waals surface area contributed by atoms with Crippen molar-refractivity contribution in [3.05, 3.63) is 0 Å². The third kappa shape index (κ3) is 5.46. The molecular weight excluding hydrogens is 248 g/mol. The molecule has 0 spiro atoms. The topological polar surface area (TPSA) is 78.9 Å². The maximum absolute atomic E-state index is 12.2. The number of hydrogen-bond acceptors (Lipinski definition) is 3. The number of carboxylic acids is 1. The van der Waals surface area contributed by atoms with Gasteiger partial charge in [-0.2, -0.15) is 0 Å². The minimum Gasteiger partial charge on any atom is -0.481 e. The summed E-state index contributed by atoms with van der Waals surface area (Å²) < 4.78 is 5.09. The summed E-state index contributed by atoms with van der Waals surface area (Å²) in [6.07, 6.45) is 1.91. The number of carbonyl (C=O) groups excluding carboxylic acids is 1. The molecule has 0 aromatic rings. The monoisotopic (exact) mass is 272 g/mol. The van der Waals surface area contributed by atoms with Crippen molar-refractivity contribution in [1.29, 1.82) is 0 Å². The molecule has 110 valence electrons. The second-order valence-corrected chi connectivity index (χ2v) is 5.32. The summed E-state index contributed by atoms with van der Waals surface area (Å²) in [4.78, 5) is 24.5. The Labute approximate surface area is 114 Å². The Morgan fingerprint density at radius 3 is 2.47 bits per heavy atom. The number of rotatable bonds is 8. The second kappa shape index (κ2) is 7.33. The number of nitrogens with zero attached hydrogens (tertiary/aromatic N) is 1. The molecule has 0 aliphatic heterocycles. The Morgan fingerprint density at radius 1 is 1.42 bits per heavy atom. The van der Waals surface area contributed by atoms with Crippen molar-refractivity contribution in [3.8, 4) is 0 Å². The largest absolute Gasteiger partial charge is 0.481 e. The Hall–Kier alpha value is -1.30. The minimum atomic E-state index is -0.879. The molecule has 1 saturated carbocycles. The van der Waals surface area contributed by atoms with Crippen LogP contribution in [-0.2, 0) is 9.53 Å². The van der Waals surface area contributed by atoms with Gasteiger partial charge in [-0.3, -0.25) is 4.79 Å². The fourth-order valence-corrected chi connectivity index (χ4v) is 1.87. The number of urea groups is 1. The molecule has 1 atom stereocenters. The summed E-state index contributed by atoms with van der Waals surface area (Å²) in [5.74, 6) is -0.611. The Morgan fingerprint density at radius 2 is 2.05 bits per heavy atom. The zero-order valence-corrected chi connectivity index (χ0v) is 11.9. The van der Waals surface area contributed by atoms with Crippen molar-refractivity contribution in [1.82, 2.24) is 10.2 Å². The summed E-state index contributed by atoms with van der Waals surface area (Å²) >= 11 is 0. The van der Waals surface area contributed by atoms with Crippen molar-refractivity contribution in [2.45, 2.75) is 45.2 Å². The molecule has 0 heterocycles. The van der Waals surface area contributed by atoms with Crippen LogP contribution in [0.5, 0.6) is 0 Å². The Bertz CT molecular complexity index is 316. The van der Waals surface area contributed by atoms with E-state index >= 15 is 0 Å². The molecule has 1 rings (SSSR count). The van der Waals surface area contributed by atoms with Crippen molar-refractivity contribution in [2.75, 3.05) is 20.3 Å². The SMILES string of the molecule is COCC(NC(=O)N(CCC(=O)O)C1CC1)C(C)C. The Kier molecular flexibility index (Phi) is 6.08. The molecule has 0 radical (unpaired) electrons. The van der Waals surface area contributed by atoms with E-state index in [0.29, 0.717) is 6.61 Å². The van der Waals surface area contributed by atoms with E-state index in [4.69, 9.17) is 9.84 Å². The van der Waals surface area contributed by atoms with Gasteiger partial charge in [-0.1, -0.05) is 13.8 Å². The summed E-state index contributed by atoms with van der Waals surface area (Å²) in [6, 6.07) is -0.0298. The van der Waals surface area contributed by atoms with Crippen LogP contribution in [-0.4, -0.2) is 54.4 Å². The van der Waals surface area contributed by atoms with Gasteiger partial charge in [-0.15, -0.1) is 0 Å². The zero-order chi connectivity index (χ0) is 14.4. The van der Waals surface area contributed by atoms with E-state index in [2.05, 4.69) is 5.32 Å². The first-order valence-corrected chi connectivity index (χ1v) is 6.73. The first-order valence-electron chi connectivity index (χ1n) is 6.73. The van der Waals surface area contributed by atoms with Gasteiger partial charge in [0.1, 0.15) is 0 Å². The maximum Gasteiger partial charge on any atom is 0.317 e. The molecule has 0 aromatic heterocycles. The lowest BCUT2D eigenvalue weighted by molar-refractivity contribution is -0.137. The molecule has 0 bridgehead atoms. The number of nitrogens with one attached hydrogen (secondary N) is 1. The van der Waals surface area contributed by atoms with E-state index in [1.807, 2.05) is 13.8 Å². The lowest BCUT2D eigenvalue weighted by Gasteiger charge is -2.27. The predicted molar refractivity (Wildman–Crippen MR) is 71.0 cm³/mol. The number of carbonyl (C=O) groups is 2. The van der Waals surface area contributed by atoms with Gasteiger partial charge in [-0.25, -0.2) is 4.79 Å². The maximum atomic E-state index is 12.2. The van der Waals surface area contributed by atoms with Gasteiger partial charge in [0.05, 0.1) is 19.1 Å². The molecule has 0 aromatic carbocycles. The summed E-state index contributed by atoms with van der Waals surface area (Å²) in [6.45, 7) is 4.76. The van der Waals surface area contributed by atoms with E-state index in [1.165, 1.54) is 0 Å². The van der Waals surface area contributed by atoms with Gasteiger partial charge in [0, 0.05) is 19.7 Å². The van der Waals surface area contributed by atoms with E-state index in [1.54, 1.807) is 12.0 Å². The average Bonchev–Trinajstić information content (AvgIpc) is 3.12. The fourth-order valence-electron chi connectivity index (χ4n) is 1.87. The van der Waals surface area contributed by atoms with E-state index < -0.39 is 5.97 Å². The normalized spacial score (nSPS) is 16.2. The van der Waals surface area contributed by atoms with Crippen LogP contribution in [0.1, 0.15) is 33.1 Å². The van der Waals surface area contributed by atoms with E-state index in [9.17, 15) is 9.59 Å². The van der Waals surface area contributed by atoms with Gasteiger partial charge in [0.15, 0.2) is 0 Å². The van der Waals surface area contributed by atoms with Crippen LogP contribution in [0.25, 0.3) is 0 Å². The molecule has 0 saturated heterocycles. The standard InChI is InChI=1S/C13H24N2O4/c1-9(2)11(8-19-3)14-13(18)15(10-4-5-10)7-6-12(16)17/h9-11H,4-8H2,1-3H3,(H,14,18)(H,16,17). The van der Waals surface area contributed by atoms with Gasteiger partial charge >= 0.3 is 12.0 Å². The van der Waals surface area contributed by atoms with Gasteiger partial charge in [0.25, 0.3) is 0 Å². The van der Waals surface area contributed by atoms with Gasteiger partial charge in [-0.05, 0) is 18.8 Å². The predicted octanol–water partition coefficient (Wildman–Crippen LogP) is 1.31. The highest BCUT2D eigenvalue weighted by molar-refractivity contribution is 5.76. The van der Waals surface area contributed by atoms with Crippen LogP contribution in [0.4, 0.5) is 4.79 Å². The van der Waals surface area contributed by atoms with E-state index in [0.717, 1.165) is 12.8 Å². The summed E-state index contributed by atoms with van der Waals surface area (Å²) in [5.41, 5.74) is 0. The van der Waals surface area contributed by atoms with Crippen molar-refractivity contribution >= 4 is 12.0 Å². The zero-order valence-electron chi connectivity index (χ0n) is 11.9. The summed E-state index contributed by atoms with van der Waals surface area (Å²) in [5, 5.41) is 11.7. The molecule has 6 heteroatoms. The first-order chi connectivity index (χ1) is 8.95. The minimum absolute atomic E-state index is 0.0134. The number of carboxylic acid groups (broad SMARTS) is 1. The van der Waals surface area contributed by atoms with Crippen LogP contribution < -0.4 is 5.32 Å². The smallest absolute Gasteiger partial charge is 0.317 e. The van der Waals surface area contributed by atoms with Crippen molar-refractivity contribution < 1.29 is 19.4 Å². The highest BCUT2D eigenvalue weighted by Gasteiger charge is 2.33. The Balaban J connectivity index is 2.52. The molecule has 2 N–H and O–H groups in total. The van der Waals surface area contributed by atoms with Crippen LogP contribution in [0.15, 0.2) is 0 Å². The van der Waals surface area contributed by atoms with Gasteiger partial charge in [0.2, 0.25) is 0 Å². The fraction of sp³-hybridized carbons (Fsp3) is 0.846. The van der Waals surface area contributed by atoms with E-state index in [-0.39, 0.29) is 37.0 Å².